The van der Waals surface area contributed by atoms with Crippen LogP contribution in [0.15, 0.2) is 59.7 Å². The Morgan fingerprint density at radius 1 is 0.977 bits per heavy atom. The van der Waals surface area contributed by atoms with Gasteiger partial charge in [-0.2, -0.15) is 4.98 Å². The predicted molar refractivity (Wildman–Crippen MR) is 164 cm³/mol. The molecule has 0 bridgehead atoms. The van der Waals surface area contributed by atoms with E-state index in [1.165, 1.54) is 30.6 Å². The molecule has 0 aliphatic carbocycles. The Morgan fingerprint density at radius 3 is 2.16 bits per heavy atom. The highest BCUT2D eigenvalue weighted by molar-refractivity contribution is 8.14. The number of imidazole rings is 1. The van der Waals surface area contributed by atoms with E-state index in [4.69, 9.17) is 19.5 Å². The van der Waals surface area contributed by atoms with E-state index in [9.17, 15) is 23.3 Å². The zero-order valence-corrected chi connectivity index (χ0v) is 25.6. The van der Waals surface area contributed by atoms with Gasteiger partial charge in [-0.15, -0.1) is 0 Å². The number of hydrogen-bond donors (Lipinski definition) is 2. The molecule has 2 aromatic carbocycles. The average Bonchev–Trinajstić information content (AvgIpc) is 3.39. The maximum Gasteiger partial charge on any atom is 0.356 e. The monoisotopic (exact) mass is 649 g/mol. The molecule has 12 nitrogen and oxygen atoms in total. The molecule has 2 aromatic heterocycles. The summed E-state index contributed by atoms with van der Waals surface area (Å²) in [5.41, 5.74) is 7.47. The van der Waals surface area contributed by atoms with Crippen molar-refractivity contribution in [2.75, 3.05) is 43.4 Å². The van der Waals surface area contributed by atoms with Gasteiger partial charge in [0.2, 0.25) is 16.2 Å². The number of hydrogen-bond acceptors (Lipinski definition) is 12. The van der Waals surface area contributed by atoms with Crippen LogP contribution in [0.2, 0.25) is 0 Å². The predicted octanol–water partition coefficient (Wildman–Crippen LogP) is 4.50. The molecule has 1 atom stereocenters. The number of thioether (sulfide) groups is 2. The zero-order valence-electron chi connectivity index (χ0n) is 23.1. The lowest BCUT2D eigenvalue weighted by Gasteiger charge is -2.18. The molecule has 16 heteroatoms. The largest absolute Gasteiger partial charge is 0.369 e. The van der Waals surface area contributed by atoms with Crippen LogP contribution in [0.5, 0.6) is 0 Å². The molecular formula is C27H29FN5O7PS2. The number of rotatable bonds is 15. The highest BCUT2D eigenvalue weighted by Gasteiger charge is 2.26. The number of anilines is 1. The van der Waals surface area contributed by atoms with Gasteiger partial charge in [0.25, 0.3) is 5.56 Å². The van der Waals surface area contributed by atoms with Crippen molar-refractivity contribution in [2.24, 2.45) is 0 Å². The molecular weight excluding hydrogens is 620 g/mol. The number of benzene rings is 2. The van der Waals surface area contributed by atoms with Crippen LogP contribution in [0.1, 0.15) is 26.3 Å². The third-order valence-corrected chi connectivity index (χ3v) is 9.18. The third-order valence-electron chi connectivity index (χ3n) is 5.80. The fourth-order valence-electron chi connectivity index (χ4n) is 3.65. The number of aromatic nitrogens is 4. The molecule has 4 aromatic rings. The van der Waals surface area contributed by atoms with Gasteiger partial charge >= 0.3 is 7.60 Å². The number of halogens is 1. The molecule has 0 aliphatic rings. The van der Waals surface area contributed by atoms with Crippen LogP contribution in [0.25, 0.3) is 11.2 Å². The molecule has 2 heterocycles. The van der Waals surface area contributed by atoms with Gasteiger partial charge in [0.15, 0.2) is 11.2 Å². The summed E-state index contributed by atoms with van der Waals surface area (Å²) in [7, 11) is -3.80. The standard InChI is InChI=1S/C27H29FN5O7PS2/c1-18-2-4-19(5-3-18)25(35)42-14-12-39-41(37,40-13-15-43-26(36)20-6-8-21(28)9-7-20)17-38-11-10-33-16-30-22-23(33)31-27(29)32-24(22)34/h2-9,16H,10-15,17H2,1H3,(H3,29,31,32,34). The summed E-state index contributed by atoms with van der Waals surface area (Å²) in [6.07, 6.45) is 1.02. The van der Waals surface area contributed by atoms with Crippen LogP contribution in [-0.2, 0) is 24.9 Å². The molecule has 0 amide bonds. The van der Waals surface area contributed by atoms with Gasteiger partial charge in [-0.05, 0) is 31.2 Å². The van der Waals surface area contributed by atoms with E-state index in [1.54, 1.807) is 16.7 Å². The molecule has 0 saturated heterocycles. The second-order valence-corrected chi connectivity index (χ2v) is 13.2. The minimum absolute atomic E-state index is 0.0506. The summed E-state index contributed by atoms with van der Waals surface area (Å²) in [6, 6.07) is 12.3. The van der Waals surface area contributed by atoms with E-state index >= 15 is 0 Å². The Bertz CT molecular complexity index is 1600. The molecule has 4 rings (SSSR count). The lowest BCUT2D eigenvalue weighted by molar-refractivity contribution is 0.108. The average molecular weight is 650 g/mol. The molecule has 1 unspecified atom stereocenters. The number of H-pyrrole nitrogens is 1. The quantitative estimate of drug-likeness (QED) is 0.137. The molecule has 0 spiro atoms. The number of aromatic amines is 1. The van der Waals surface area contributed by atoms with Gasteiger partial charge in [-0.3, -0.25) is 23.9 Å². The van der Waals surface area contributed by atoms with Gasteiger partial charge in [-0.1, -0.05) is 53.4 Å². The van der Waals surface area contributed by atoms with Crippen LogP contribution >= 0.6 is 31.1 Å². The molecule has 0 fully saturated rings. The highest BCUT2D eigenvalue weighted by atomic mass is 32.2. The molecule has 0 saturated carbocycles. The van der Waals surface area contributed by atoms with Gasteiger partial charge in [0.05, 0.1) is 26.1 Å². The second-order valence-electron chi connectivity index (χ2n) is 9.02. The summed E-state index contributed by atoms with van der Waals surface area (Å²) in [4.78, 5) is 47.2. The first-order valence-corrected chi connectivity index (χ1v) is 16.7. The van der Waals surface area contributed by atoms with E-state index in [-0.39, 0.29) is 65.2 Å². The number of nitrogens with zero attached hydrogens (tertiary/aromatic N) is 3. The molecule has 3 N–H and O–H groups in total. The van der Waals surface area contributed by atoms with E-state index in [2.05, 4.69) is 15.0 Å². The van der Waals surface area contributed by atoms with Crippen molar-refractivity contribution >= 4 is 58.5 Å². The minimum atomic E-state index is -3.80. The van der Waals surface area contributed by atoms with Crippen LogP contribution in [0, 0.1) is 12.7 Å². The SMILES string of the molecule is Cc1ccc(C(=O)SCCOP(=O)(COCCn2cnc3c(=O)[nH]c(N)nc32)OCCSC(=O)c2ccc(F)cc2)cc1. The fourth-order valence-corrected chi connectivity index (χ4v) is 6.52. The summed E-state index contributed by atoms with van der Waals surface area (Å²) < 4.78 is 44.9. The summed E-state index contributed by atoms with van der Waals surface area (Å²) >= 11 is 1.95. The minimum Gasteiger partial charge on any atom is -0.369 e. The normalized spacial score (nSPS) is 12.8. The lowest BCUT2D eigenvalue weighted by Crippen LogP contribution is -2.14. The van der Waals surface area contributed by atoms with E-state index < -0.39 is 25.3 Å². The Balaban J connectivity index is 1.29. The zero-order chi connectivity index (χ0) is 30.8. The van der Waals surface area contributed by atoms with E-state index in [1.807, 2.05) is 19.1 Å². The number of nitrogen functional groups attached to an aromatic ring is 1. The Kier molecular flexibility index (Phi) is 11.7. The Morgan fingerprint density at radius 2 is 1.56 bits per heavy atom. The van der Waals surface area contributed by atoms with Crippen molar-refractivity contribution in [1.82, 2.24) is 19.5 Å². The van der Waals surface area contributed by atoms with Crippen molar-refractivity contribution in [1.29, 1.82) is 0 Å². The van der Waals surface area contributed by atoms with Crippen LogP contribution < -0.4 is 11.3 Å². The van der Waals surface area contributed by atoms with E-state index in [0.29, 0.717) is 11.1 Å². The number of aryl methyl sites for hydroxylation is 1. The molecule has 0 radical (unpaired) electrons. The number of carbonyl (C=O) groups is 2. The summed E-state index contributed by atoms with van der Waals surface area (Å²) in [5, 5.41) is -0.436. The maximum atomic E-state index is 13.5. The van der Waals surface area contributed by atoms with Gasteiger partial charge < -0.3 is 24.1 Å². The van der Waals surface area contributed by atoms with E-state index in [0.717, 1.165) is 29.1 Å². The van der Waals surface area contributed by atoms with Gasteiger partial charge in [0.1, 0.15) is 12.2 Å². The number of fused-ring (bicyclic) bond motifs is 1. The fraction of sp³-hybridized carbons (Fsp3) is 0.296. The first-order chi connectivity index (χ1) is 20.6. The van der Waals surface area contributed by atoms with Gasteiger partial charge in [0, 0.05) is 29.2 Å². The summed E-state index contributed by atoms with van der Waals surface area (Å²) in [6.45, 7) is 2.05. The molecule has 43 heavy (non-hydrogen) atoms. The van der Waals surface area contributed by atoms with Crippen LogP contribution in [-0.4, -0.2) is 67.4 Å². The van der Waals surface area contributed by atoms with Crippen molar-refractivity contribution < 1.29 is 32.3 Å². The van der Waals surface area contributed by atoms with Gasteiger partial charge in [-0.25, -0.2) is 9.37 Å². The van der Waals surface area contributed by atoms with Crippen LogP contribution in [0.4, 0.5) is 10.3 Å². The highest BCUT2D eigenvalue weighted by Crippen LogP contribution is 2.48. The number of nitrogens with two attached hydrogens (primary N) is 1. The summed E-state index contributed by atoms with van der Waals surface area (Å²) in [5.74, 6) is -0.120. The van der Waals surface area contributed by atoms with Crippen LogP contribution in [0.3, 0.4) is 0 Å². The van der Waals surface area contributed by atoms with Crippen molar-refractivity contribution in [3.63, 3.8) is 0 Å². The third kappa shape index (κ3) is 9.58. The molecule has 0 aliphatic heterocycles. The first-order valence-electron chi connectivity index (χ1n) is 13.0. The topological polar surface area (TPSA) is 168 Å². The molecule has 228 valence electrons. The second kappa shape index (κ2) is 15.4. The first kappa shape index (κ1) is 32.6. The van der Waals surface area contributed by atoms with Crippen molar-refractivity contribution in [3.05, 3.63) is 87.7 Å². The number of nitrogens with one attached hydrogen (secondary N) is 1. The number of carbonyl (C=O) groups excluding carboxylic acids is 2. The Labute approximate surface area is 254 Å². The van der Waals surface area contributed by atoms with Crippen molar-refractivity contribution in [2.45, 2.75) is 13.5 Å². The smallest absolute Gasteiger partial charge is 0.356 e. The lowest BCUT2D eigenvalue weighted by atomic mass is 10.2. The number of ether oxygens (including phenoxy) is 1. The van der Waals surface area contributed by atoms with Crippen molar-refractivity contribution in [3.8, 4) is 0 Å². The Hall–Kier alpha value is -3.33. The maximum absolute atomic E-state index is 13.5.